The molecule has 1 amide bonds. The van der Waals surface area contributed by atoms with Crippen LogP contribution in [0.3, 0.4) is 0 Å². The normalized spacial score (nSPS) is 10.2. The molecule has 0 unspecified atom stereocenters. The summed E-state index contributed by atoms with van der Waals surface area (Å²) in [5.41, 5.74) is 8.02. The van der Waals surface area contributed by atoms with Crippen molar-refractivity contribution in [2.24, 2.45) is 0 Å². The van der Waals surface area contributed by atoms with E-state index in [0.29, 0.717) is 29.3 Å². The second-order valence-electron chi connectivity index (χ2n) is 4.72. The summed E-state index contributed by atoms with van der Waals surface area (Å²) in [5, 5.41) is 2.77. The number of nitrogens with one attached hydrogen (secondary N) is 1. The van der Waals surface area contributed by atoms with Gasteiger partial charge >= 0.3 is 0 Å². The van der Waals surface area contributed by atoms with Crippen LogP contribution in [-0.4, -0.2) is 12.5 Å². The first-order valence-corrected chi connectivity index (χ1v) is 7.08. The molecule has 3 N–H and O–H groups in total. The molecule has 0 fully saturated rings. The molecule has 0 aliphatic rings. The Balaban J connectivity index is 2.33. The topological polar surface area (TPSA) is 64.4 Å². The molecule has 4 nitrogen and oxygen atoms in total. The van der Waals surface area contributed by atoms with Gasteiger partial charge in [-0.25, -0.2) is 0 Å². The van der Waals surface area contributed by atoms with E-state index in [-0.39, 0.29) is 5.91 Å². The first-order valence-electron chi connectivity index (χ1n) is 7.08. The van der Waals surface area contributed by atoms with Gasteiger partial charge in [-0.05, 0) is 43.2 Å². The Morgan fingerprint density at radius 2 is 2.00 bits per heavy atom. The first-order chi connectivity index (χ1) is 10.1. The van der Waals surface area contributed by atoms with Crippen LogP contribution < -0.4 is 15.8 Å². The Morgan fingerprint density at radius 1 is 1.19 bits per heavy atom. The van der Waals surface area contributed by atoms with E-state index in [1.54, 1.807) is 18.2 Å². The molecule has 4 heteroatoms. The Kier molecular flexibility index (Phi) is 4.82. The van der Waals surface area contributed by atoms with Crippen molar-refractivity contribution >= 4 is 11.6 Å². The molecule has 2 aromatic carbocycles. The molecule has 0 atom stereocenters. The van der Waals surface area contributed by atoms with Crippen LogP contribution in [0.4, 0.5) is 5.69 Å². The number of nitrogens with two attached hydrogens (primary N) is 1. The van der Waals surface area contributed by atoms with Crippen molar-refractivity contribution in [3.8, 4) is 11.5 Å². The maximum Gasteiger partial charge on any atom is 0.255 e. The summed E-state index contributed by atoms with van der Waals surface area (Å²) in [6.45, 7) is 4.52. The number of benzene rings is 2. The van der Waals surface area contributed by atoms with Gasteiger partial charge in [0.25, 0.3) is 5.91 Å². The van der Waals surface area contributed by atoms with Crippen LogP contribution in [0.5, 0.6) is 11.5 Å². The molecule has 0 aliphatic heterocycles. The lowest BCUT2D eigenvalue weighted by atomic mass is 10.1. The Labute approximate surface area is 124 Å². The number of carbonyl (C=O) groups is 1. The summed E-state index contributed by atoms with van der Waals surface area (Å²) >= 11 is 0. The average Bonchev–Trinajstić information content (AvgIpc) is 2.48. The zero-order chi connectivity index (χ0) is 15.2. The Hall–Kier alpha value is -2.49. The molecule has 0 spiro atoms. The van der Waals surface area contributed by atoms with Crippen molar-refractivity contribution in [3.63, 3.8) is 0 Å². The molecule has 0 radical (unpaired) electrons. The molecular weight excluding hydrogens is 264 g/mol. The lowest BCUT2D eigenvalue weighted by Crippen LogP contribution is -2.23. The fraction of sp³-hybridized carbons (Fsp3) is 0.235. The zero-order valence-electron chi connectivity index (χ0n) is 12.3. The summed E-state index contributed by atoms with van der Waals surface area (Å²) in [5.74, 6) is 0.999. The van der Waals surface area contributed by atoms with Gasteiger partial charge in [0.15, 0.2) is 0 Å². The van der Waals surface area contributed by atoms with Crippen LogP contribution in [0.25, 0.3) is 0 Å². The van der Waals surface area contributed by atoms with Crippen LogP contribution >= 0.6 is 0 Å². The van der Waals surface area contributed by atoms with Crippen LogP contribution in [0.1, 0.15) is 29.8 Å². The Morgan fingerprint density at radius 3 is 2.71 bits per heavy atom. The van der Waals surface area contributed by atoms with E-state index in [1.807, 2.05) is 31.2 Å². The summed E-state index contributed by atoms with van der Waals surface area (Å²) in [6.07, 6.45) is 0.928. The predicted molar refractivity (Wildman–Crippen MR) is 84.8 cm³/mol. The third kappa shape index (κ3) is 3.75. The van der Waals surface area contributed by atoms with Crippen molar-refractivity contribution in [1.82, 2.24) is 5.32 Å². The molecule has 0 heterocycles. The minimum atomic E-state index is -0.167. The number of anilines is 1. The molecule has 2 rings (SSSR count). The van der Waals surface area contributed by atoms with Crippen LogP contribution in [0, 0.1) is 0 Å². The maximum absolute atomic E-state index is 12.1. The fourth-order valence-electron chi connectivity index (χ4n) is 2.02. The third-order valence-electron chi connectivity index (χ3n) is 3.12. The van der Waals surface area contributed by atoms with Crippen molar-refractivity contribution in [2.45, 2.75) is 20.3 Å². The summed E-state index contributed by atoms with van der Waals surface area (Å²) in [4.78, 5) is 12.1. The number of hydrogen-bond acceptors (Lipinski definition) is 3. The lowest BCUT2D eigenvalue weighted by Gasteiger charge is -2.12. The lowest BCUT2D eigenvalue weighted by molar-refractivity contribution is 0.0953. The number of ether oxygens (including phenoxy) is 1. The second kappa shape index (κ2) is 6.79. The average molecular weight is 284 g/mol. The SMILES string of the molecule is CCNC(=O)c1ccc(N)cc1Oc1cccc(CC)c1. The molecule has 0 saturated carbocycles. The smallest absolute Gasteiger partial charge is 0.255 e. The van der Waals surface area contributed by atoms with Crippen molar-refractivity contribution in [1.29, 1.82) is 0 Å². The van der Waals surface area contributed by atoms with E-state index in [1.165, 1.54) is 5.56 Å². The van der Waals surface area contributed by atoms with E-state index in [9.17, 15) is 4.79 Å². The number of nitrogen functional groups attached to an aromatic ring is 1. The van der Waals surface area contributed by atoms with E-state index in [4.69, 9.17) is 10.5 Å². The van der Waals surface area contributed by atoms with Gasteiger partial charge in [0.05, 0.1) is 5.56 Å². The van der Waals surface area contributed by atoms with Gasteiger partial charge in [0, 0.05) is 18.3 Å². The summed E-state index contributed by atoms with van der Waals surface area (Å²) in [6, 6.07) is 12.8. The maximum atomic E-state index is 12.1. The molecule has 0 bridgehead atoms. The number of amides is 1. The van der Waals surface area contributed by atoms with E-state index in [0.717, 1.165) is 6.42 Å². The van der Waals surface area contributed by atoms with E-state index >= 15 is 0 Å². The number of carbonyl (C=O) groups excluding carboxylic acids is 1. The second-order valence-corrected chi connectivity index (χ2v) is 4.72. The fourth-order valence-corrected chi connectivity index (χ4v) is 2.02. The Bertz CT molecular complexity index is 638. The van der Waals surface area contributed by atoms with Crippen LogP contribution in [-0.2, 0) is 6.42 Å². The van der Waals surface area contributed by atoms with Gasteiger partial charge < -0.3 is 15.8 Å². The summed E-state index contributed by atoms with van der Waals surface area (Å²) in [7, 11) is 0. The molecule has 21 heavy (non-hydrogen) atoms. The number of hydrogen-bond donors (Lipinski definition) is 2. The largest absolute Gasteiger partial charge is 0.456 e. The van der Waals surface area contributed by atoms with Crippen molar-refractivity contribution in [2.75, 3.05) is 12.3 Å². The predicted octanol–water partition coefficient (Wildman–Crippen LogP) is 3.37. The summed E-state index contributed by atoms with van der Waals surface area (Å²) < 4.78 is 5.86. The molecule has 0 saturated heterocycles. The van der Waals surface area contributed by atoms with Gasteiger partial charge in [-0.3, -0.25) is 4.79 Å². The highest BCUT2D eigenvalue weighted by Crippen LogP contribution is 2.28. The van der Waals surface area contributed by atoms with Crippen LogP contribution in [0.2, 0.25) is 0 Å². The molecule has 0 aromatic heterocycles. The van der Waals surface area contributed by atoms with Crippen molar-refractivity contribution in [3.05, 3.63) is 53.6 Å². The minimum Gasteiger partial charge on any atom is -0.456 e. The van der Waals surface area contributed by atoms with Gasteiger partial charge in [-0.15, -0.1) is 0 Å². The minimum absolute atomic E-state index is 0.167. The van der Waals surface area contributed by atoms with E-state index in [2.05, 4.69) is 12.2 Å². The molecular formula is C17H20N2O2. The van der Waals surface area contributed by atoms with Crippen molar-refractivity contribution < 1.29 is 9.53 Å². The third-order valence-corrected chi connectivity index (χ3v) is 3.12. The first kappa shape index (κ1) is 14.9. The highest BCUT2D eigenvalue weighted by molar-refractivity contribution is 5.97. The van der Waals surface area contributed by atoms with Gasteiger partial charge in [0.1, 0.15) is 11.5 Å². The standard InChI is InChI=1S/C17H20N2O2/c1-3-12-6-5-7-14(10-12)21-16-11-13(18)8-9-15(16)17(20)19-4-2/h5-11H,3-4,18H2,1-2H3,(H,19,20). The van der Waals surface area contributed by atoms with Gasteiger partial charge in [-0.2, -0.15) is 0 Å². The quantitative estimate of drug-likeness (QED) is 0.827. The molecule has 0 aliphatic carbocycles. The number of aryl methyl sites for hydroxylation is 1. The van der Waals surface area contributed by atoms with Gasteiger partial charge in [0.2, 0.25) is 0 Å². The van der Waals surface area contributed by atoms with Crippen LogP contribution in [0.15, 0.2) is 42.5 Å². The highest BCUT2D eigenvalue weighted by Gasteiger charge is 2.13. The number of rotatable bonds is 5. The van der Waals surface area contributed by atoms with Gasteiger partial charge in [-0.1, -0.05) is 19.1 Å². The monoisotopic (exact) mass is 284 g/mol. The zero-order valence-corrected chi connectivity index (χ0v) is 12.3. The highest BCUT2D eigenvalue weighted by atomic mass is 16.5. The van der Waals surface area contributed by atoms with E-state index < -0.39 is 0 Å². The molecule has 110 valence electrons. The molecule has 2 aromatic rings.